The van der Waals surface area contributed by atoms with Crippen LogP contribution in [0.1, 0.15) is 49.9 Å². The first-order chi connectivity index (χ1) is 16.6. The predicted molar refractivity (Wildman–Crippen MR) is 136 cm³/mol. The van der Waals surface area contributed by atoms with E-state index < -0.39 is 0 Å². The van der Waals surface area contributed by atoms with Gasteiger partial charge in [-0.2, -0.15) is 0 Å². The lowest BCUT2D eigenvalue weighted by atomic mass is 9.85. The predicted octanol–water partition coefficient (Wildman–Crippen LogP) is 5.95. The lowest BCUT2D eigenvalue weighted by molar-refractivity contribution is 0.102. The normalized spacial score (nSPS) is 18.1. The number of aromatic nitrogens is 2. The largest absolute Gasteiger partial charge is 0.403 e. The van der Waals surface area contributed by atoms with E-state index in [1.807, 2.05) is 18.2 Å². The molecule has 2 N–H and O–H groups in total. The standard InChI is InChI=1S/C26H32ClN5O2/c1-3-32(4-2)17-18-10-12-20(13-11-18)29-26-31-30-25(34-26)22-15-14-21(16-23(22)27)28-24(33)19-8-6-5-7-9-19/h5-9,14-16,18,20H,3-4,10-13,17H2,1-2H3,(H,28,33)(H,29,31). The van der Waals surface area contributed by atoms with Gasteiger partial charge in [0.2, 0.25) is 0 Å². The molecule has 0 bridgehead atoms. The molecule has 0 radical (unpaired) electrons. The van der Waals surface area contributed by atoms with E-state index in [1.165, 1.54) is 19.4 Å². The summed E-state index contributed by atoms with van der Waals surface area (Å²) in [6, 6.07) is 15.0. The number of hydrogen-bond acceptors (Lipinski definition) is 6. The molecule has 7 nitrogen and oxygen atoms in total. The molecule has 34 heavy (non-hydrogen) atoms. The van der Waals surface area contributed by atoms with Crippen LogP contribution in [0, 0.1) is 5.92 Å². The Balaban J connectivity index is 1.33. The molecule has 1 aliphatic carbocycles. The van der Waals surface area contributed by atoms with Gasteiger partial charge < -0.3 is 20.0 Å². The SMILES string of the molecule is CCN(CC)CC1CCC(Nc2nnc(-c3ccc(NC(=O)c4ccccc4)cc3Cl)o2)CC1. The van der Waals surface area contributed by atoms with Gasteiger partial charge in [-0.15, -0.1) is 5.10 Å². The average molecular weight is 482 g/mol. The summed E-state index contributed by atoms with van der Waals surface area (Å²) in [4.78, 5) is 14.9. The molecule has 8 heteroatoms. The first-order valence-corrected chi connectivity index (χ1v) is 12.4. The third-order valence-corrected chi connectivity index (χ3v) is 6.82. The van der Waals surface area contributed by atoms with Crippen molar-refractivity contribution in [1.82, 2.24) is 15.1 Å². The van der Waals surface area contributed by atoms with E-state index in [0.29, 0.717) is 39.8 Å². The molecule has 2 aromatic carbocycles. The van der Waals surface area contributed by atoms with Crippen LogP contribution >= 0.6 is 11.6 Å². The fraction of sp³-hybridized carbons (Fsp3) is 0.423. The molecule has 0 spiro atoms. The maximum absolute atomic E-state index is 12.4. The topological polar surface area (TPSA) is 83.3 Å². The lowest BCUT2D eigenvalue weighted by Crippen LogP contribution is -2.34. The zero-order chi connectivity index (χ0) is 23.9. The van der Waals surface area contributed by atoms with Gasteiger partial charge in [0, 0.05) is 23.8 Å². The highest BCUT2D eigenvalue weighted by molar-refractivity contribution is 6.33. The van der Waals surface area contributed by atoms with Gasteiger partial charge in [-0.25, -0.2) is 0 Å². The van der Waals surface area contributed by atoms with Crippen molar-refractivity contribution in [2.24, 2.45) is 5.92 Å². The number of halogens is 1. The smallest absolute Gasteiger partial charge is 0.315 e. The molecular formula is C26H32ClN5O2. The monoisotopic (exact) mass is 481 g/mol. The number of hydrogen-bond donors (Lipinski definition) is 2. The van der Waals surface area contributed by atoms with E-state index in [4.69, 9.17) is 16.0 Å². The molecule has 1 aromatic heterocycles. The minimum atomic E-state index is -0.194. The summed E-state index contributed by atoms with van der Waals surface area (Å²) >= 11 is 6.47. The van der Waals surface area contributed by atoms with E-state index in [2.05, 4.69) is 39.6 Å². The molecule has 0 saturated heterocycles. The number of carbonyl (C=O) groups is 1. The maximum Gasteiger partial charge on any atom is 0.315 e. The highest BCUT2D eigenvalue weighted by Crippen LogP contribution is 2.32. The summed E-state index contributed by atoms with van der Waals surface area (Å²) in [5.41, 5.74) is 1.81. The van der Waals surface area contributed by atoms with Crippen LogP contribution in [0.25, 0.3) is 11.5 Å². The van der Waals surface area contributed by atoms with Crippen molar-refractivity contribution in [2.75, 3.05) is 30.3 Å². The highest BCUT2D eigenvalue weighted by Gasteiger charge is 2.24. The van der Waals surface area contributed by atoms with E-state index >= 15 is 0 Å². The Morgan fingerprint density at radius 3 is 2.47 bits per heavy atom. The van der Waals surface area contributed by atoms with Crippen molar-refractivity contribution in [2.45, 2.75) is 45.6 Å². The van der Waals surface area contributed by atoms with Crippen LogP contribution in [0.4, 0.5) is 11.7 Å². The second-order valence-electron chi connectivity index (χ2n) is 8.77. The fourth-order valence-electron chi connectivity index (χ4n) is 4.46. The average Bonchev–Trinajstić information content (AvgIpc) is 3.32. The van der Waals surface area contributed by atoms with Crippen LogP contribution in [-0.2, 0) is 0 Å². The minimum absolute atomic E-state index is 0.194. The van der Waals surface area contributed by atoms with Gasteiger partial charge in [-0.3, -0.25) is 4.79 Å². The molecule has 0 aliphatic heterocycles. The molecule has 3 aromatic rings. The summed E-state index contributed by atoms with van der Waals surface area (Å²) in [6.45, 7) is 7.87. The number of amides is 1. The Kier molecular flexibility index (Phi) is 8.19. The summed E-state index contributed by atoms with van der Waals surface area (Å²) in [5, 5.41) is 15.0. The van der Waals surface area contributed by atoms with Crippen molar-refractivity contribution in [3.63, 3.8) is 0 Å². The van der Waals surface area contributed by atoms with Gasteiger partial charge in [0.1, 0.15) is 0 Å². The number of carbonyl (C=O) groups excluding carboxylic acids is 1. The molecule has 1 amide bonds. The lowest BCUT2D eigenvalue weighted by Gasteiger charge is -2.31. The molecule has 4 rings (SSSR count). The third kappa shape index (κ3) is 6.15. The first-order valence-electron chi connectivity index (χ1n) is 12.0. The van der Waals surface area contributed by atoms with Crippen molar-refractivity contribution < 1.29 is 9.21 Å². The minimum Gasteiger partial charge on any atom is -0.403 e. The Labute approximate surface area is 205 Å². The van der Waals surface area contributed by atoms with Crippen molar-refractivity contribution >= 4 is 29.2 Å². The van der Waals surface area contributed by atoms with Gasteiger partial charge >= 0.3 is 6.01 Å². The van der Waals surface area contributed by atoms with Gasteiger partial charge in [-0.1, -0.05) is 48.7 Å². The zero-order valence-electron chi connectivity index (χ0n) is 19.8. The van der Waals surface area contributed by atoms with E-state index in [0.717, 1.165) is 31.8 Å². The zero-order valence-corrected chi connectivity index (χ0v) is 20.5. The van der Waals surface area contributed by atoms with Crippen LogP contribution in [-0.4, -0.2) is 46.7 Å². The number of anilines is 2. The Morgan fingerprint density at radius 2 is 1.79 bits per heavy atom. The van der Waals surface area contributed by atoms with Gasteiger partial charge in [0.15, 0.2) is 0 Å². The molecule has 1 heterocycles. The van der Waals surface area contributed by atoms with Crippen LogP contribution < -0.4 is 10.6 Å². The van der Waals surface area contributed by atoms with Crippen molar-refractivity contribution in [3.8, 4) is 11.5 Å². The van der Waals surface area contributed by atoms with Crippen LogP contribution in [0.15, 0.2) is 52.9 Å². The van der Waals surface area contributed by atoms with Crippen molar-refractivity contribution in [1.29, 1.82) is 0 Å². The van der Waals surface area contributed by atoms with E-state index in [-0.39, 0.29) is 5.91 Å². The number of rotatable bonds is 9. The van der Waals surface area contributed by atoms with Crippen LogP contribution in [0.5, 0.6) is 0 Å². The number of nitrogens with zero attached hydrogens (tertiary/aromatic N) is 3. The number of nitrogens with one attached hydrogen (secondary N) is 2. The molecule has 0 unspecified atom stereocenters. The Hall–Kier alpha value is -2.90. The molecule has 1 fully saturated rings. The fourth-order valence-corrected chi connectivity index (χ4v) is 4.72. The van der Waals surface area contributed by atoms with Crippen LogP contribution in [0.3, 0.4) is 0 Å². The van der Waals surface area contributed by atoms with E-state index in [1.54, 1.807) is 30.3 Å². The Bertz CT molecular complexity index is 1080. The molecule has 0 atom stereocenters. The maximum atomic E-state index is 12.4. The van der Waals surface area contributed by atoms with E-state index in [9.17, 15) is 4.79 Å². The number of benzene rings is 2. The molecule has 1 aliphatic rings. The van der Waals surface area contributed by atoms with Crippen LogP contribution in [0.2, 0.25) is 5.02 Å². The highest BCUT2D eigenvalue weighted by atomic mass is 35.5. The summed E-state index contributed by atoms with van der Waals surface area (Å²) in [5.74, 6) is 0.917. The summed E-state index contributed by atoms with van der Waals surface area (Å²) in [7, 11) is 0. The van der Waals surface area contributed by atoms with Gasteiger partial charge in [0.05, 0.1) is 10.6 Å². The quantitative estimate of drug-likeness (QED) is 0.392. The summed E-state index contributed by atoms with van der Waals surface area (Å²) in [6.07, 6.45) is 4.61. The molecule has 1 saturated carbocycles. The second-order valence-corrected chi connectivity index (χ2v) is 9.18. The van der Waals surface area contributed by atoms with Crippen molar-refractivity contribution in [3.05, 3.63) is 59.1 Å². The summed E-state index contributed by atoms with van der Waals surface area (Å²) < 4.78 is 5.86. The Morgan fingerprint density at radius 1 is 1.06 bits per heavy atom. The van der Waals surface area contributed by atoms with Gasteiger partial charge in [0.25, 0.3) is 11.8 Å². The first kappa shape index (κ1) is 24.2. The van der Waals surface area contributed by atoms with Gasteiger partial charge in [-0.05, 0) is 75.0 Å². The second kappa shape index (κ2) is 11.5. The third-order valence-electron chi connectivity index (χ3n) is 6.50. The molecule has 180 valence electrons. The molecular weight excluding hydrogens is 450 g/mol.